The van der Waals surface area contributed by atoms with Crippen LogP contribution in [0.3, 0.4) is 0 Å². The molecule has 1 rings (SSSR count). The van der Waals surface area contributed by atoms with Crippen LogP contribution < -0.4 is 5.73 Å². The van der Waals surface area contributed by atoms with Gasteiger partial charge in [0.05, 0.1) is 6.04 Å². The summed E-state index contributed by atoms with van der Waals surface area (Å²) in [6.07, 6.45) is -0.0250. The van der Waals surface area contributed by atoms with Crippen molar-refractivity contribution in [3.63, 3.8) is 0 Å². The molecule has 20 heavy (non-hydrogen) atoms. The quantitative estimate of drug-likeness (QED) is 0.560. The summed E-state index contributed by atoms with van der Waals surface area (Å²) >= 11 is 0. The van der Waals surface area contributed by atoms with Crippen LogP contribution in [-0.4, -0.2) is 76.1 Å². The van der Waals surface area contributed by atoms with E-state index in [4.69, 9.17) is 15.9 Å². The largest absolute Gasteiger partial charge is 0.481 e. The number of nitrogens with two attached hydrogens (primary N) is 1. The molecule has 1 fully saturated rings. The highest BCUT2D eigenvalue weighted by Crippen LogP contribution is 2.09. The standard InChI is InChI=1S/C12H21N3O5/c1-8(12(19)20)14-4-6-15(7-5-14)11(18)9(13)2-3-10(16)17/h8-9H,2-7,13H2,1H3,(H,16,17)(H,19,20). The van der Waals surface area contributed by atoms with Crippen molar-refractivity contribution in [3.8, 4) is 0 Å². The molecular formula is C12H21N3O5. The van der Waals surface area contributed by atoms with E-state index in [1.807, 2.05) is 0 Å². The normalized spacial score (nSPS) is 19.4. The molecule has 2 unspecified atom stereocenters. The van der Waals surface area contributed by atoms with Crippen molar-refractivity contribution < 1.29 is 24.6 Å². The maximum absolute atomic E-state index is 12.0. The van der Waals surface area contributed by atoms with Gasteiger partial charge in [-0.3, -0.25) is 19.3 Å². The van der Waals surface area contributed by atoms with E-state index in [2.05, 4.69) is 0 Å². The zero-order valence-electron chi connectivity index (χ0n) is 11.5. The van der Waals surface area contributed by atoms with Gasteiger partial charge in [-0.2, -0.15) is 0 Å². The van der Waals surface area contributed by atoms with E-state index in [1.165, 1.54) is 0 Å². The molecule has 1 heterocycles. The molecule has 8 nitrogen and oxygen atoms in total. The first-order valence-electron chi connectivity index (χ1n) is 6.56. The minimum Gasteiger partial charge on any atom is -0.481 e. The van der Waals surface area contributed by atoms with Gasteiger partial charge >= 0.3 is 11.9 Å². The number of carbonyl (C=O) groups is 3. The second-order valence-electron chi connectivity index (χ2n) is 4.91. The van der Waals surface area contributed by atoms with Gasteiger partial charge in [-0.05, 0) is 13.3 Å². The van der Waals surface area contributed by atoms with Crippen LogP contribution in [0.25, 0.3) is 0 Å². The van der Waals surface area contributed by atoms with Crippen LogP contribution in [0.15, 0.2) is 0 Å². The number of carboxylic acids is 2. The summed E-state index contributed by atoms with van der Waals surface area (Å²) in [5.74, 6) is -2.13. The summed E-state index contributed by atoms with van der Waals surface area (Å²) in [5.41, 5.74) is 5.68. The number of rotatable bonds is 6. The lowest BCUT2D eigenvalue weighted by molar-refractivity contribution is -0.144. The second-order valence-corrected chi connectivity index (χ2v) is 4.91. The predicted molar refractivity (Wildman–Crippen MR) is 70.1 cm³/mol. The Morgan fingerprint density at radius 2 is 1.70 bits per heavy atom. The van der Waals surface area contributed by atoms with E-state index in [0.29, 0.717) is 26.2 Å². The van der Waals surface area contributed by atoms with Gasteiger partial charge in [0.15, 0.2) is 0 Å². The molecular weight excluding hydrogens is 266 g/mol. The van der Waals surface area contributed by atoms with Crippen LogP contribution in [0.1, 0.15) is 19.8 Å². The first-order chi connectivity index (χ1) is 9.32. The van der Waals surface area contributed by atoms with Gasteiger partial charge < -0.3 is 20.8 Å². The number of carbonyl (C=O) groups excluding carboxylic acids is 1. The molecule has 0 aromatic carbocycles. The molecule has 0 saturated carbocycles. The average Bonchev–Trinajstić information content (AvgIpc) is 2.43. The highest BCUT2D eigenvalue weighted by molar-refractivity contribution is 5.82. The predicted octanol–water partition coefficient (Wildman–Crippen LogP) is -1.20. The third-order valence-corrected chi connectivity index (χ3v) is 3.52. The van der Waals surface area contributed by atoms with Crippen LogP contribution in [0.2, 0.25) is 0 Å². The molecule has 0 radical (unpaired) electrons. The second kappa shape index (κ2) is 7.20. The molecule has 0 bridgehead atoms. The first-order valence-corrected chi connectivity index (χ1v) is 6.56. The Bertz CT molecular complexity index is 379. The fourth-order valence-corrected chi connectivity index (χ4v) is 2.12. The molecule has 1 saturated heterocycles. The third-order valence-electron chi connectivity index (χ3n) is 3.52. The summed E-state index contributed by atoms with van der Waals surface area (Å²) in [6, 6.07) is -1.39. The lowest BCUT2D eigenvalue weighted by Gasteiger charge is -2.37. The van der Waals surface area contributed by atoms with E-state index in [1.54, 1.807) is 16.7 Å². The Kier molecular flexibility index (Phi) is 5.90. The van der Waals surface area contributed by atoms with Crippen molar-refractivity contribution in [1.29, 1.82) is 0 Å². The Morgan fingerprint density at radius 3 is 2.15 bits per heavy atom. The van der Waals surface area contributed by atoms with Crippen molar-refractivity contribution in [2.75, 3.05) is 26.2 Å². The van der Waals surface area contributed by atoms with Crippen molar-refractivity contribution in [3.05, 3.63) is 0 Å². The summed E-state index contributed by atoms with van der Waals surface area (Å²) in [5, 5.41) is 17.5. The average molecular weight is 287 g/mol. The number of nitrogens with zero attached hydrogens (tertiary/aromatic N) is 2. The van der Waals surface area contributed by atoms with E-state index < -0.39 is 24.0 Å². The fraction of sp³-hybridized carbons (Fsp3) is 0.750. The Labute approximate surface area is 117 Å². The summed E-state index contributed by atoms with van der Waals surface area (Å²) < 4.78 is 0. The Hall–Kier alpha value is -1.67. The van der Waals surface area contributed by atoms with Gasteiger partial charge in [-0.25, -0.2) is 0 Å². The van der Waals surface area contributed by atoms with E-state index in [9.17, 15) is 14.4 Å². The van der Waals surface area contributed by atoms with E-state index in [0.717, 1.165) is 0 Å². The van der Waals surface area contributed by atoms with Crippen LogP contribution in [-0.2, 0) is 14.4 Å². The Balaban J connectivity index is 2.42. The molecule has 1 amide bonds. The molecule has 2 atom stereocenters. The summed E-state index contributed by atoms with van der Waals surface area (Å²) in [6.45, 7) is 3.39. The monoisotopic (exact) mass is 287 g/mol. The van der Waals surface area contributed by atoms with Crippen molar-refractivity contribution in [1.82, 2.24) is 9.80 Å². The number of piperazine rings is 1. The summed E-state index contributed by atoms with van der Waals surface area (Å²) in [4.78, 5) is 36.7. The summed E-state index contributed by atoms with van der Waals surface area (Å²) in [7, 11) is 0. The number of hydrogen-bond donors (Lipinski definition) is 3. The van der Waals surface area contributed by atoms with Crippen molar-refractivity contribution in [2.45, 2.75) is 31.8 Å². The Morgan fingerprint density at radius 1 is 1.15 bits per heavy atom. The minimum absolute atomic E-state index is 0.111. The topological polar surface area (TPSA) is 124 Å². The van der Waals surface area contributed by atoms with Crippen LogP contribution >= 0.6 is 0 Å². The van der Waals surface area contributed by atoms with Crippen LogP contribution in [0.5, 0.6) is 0 Å². The maximum Gasteiger partial charge on any atom is 0.320 e. The molecule has 4 N–H and O–H groups in total. The van der Waals surface area contributed by atoms with Crippen LogP contribution in [0.4, 0.5) is 0 Å². The molecule has 0 aromatic heterocycles. The highest BCUT2D eigenvalue weighted by atomic mass is 16.4. The van der Waals surface area contributed by atoms with Gasteiger partial charge in [0.1, 0.15) is 6.04 Å². The molecule has 8 heteroatoms. The lowest BCUT2D eigenvalue weighted by Crippen LogP contribution is -2.56. The van der Waals surface area contributed by atoms with Crippen molar-refractivity contribution >= 4 is 17.8 Å². The van der Waals surface area contributed by atoms with Gasteiger partial charge in [0, 0.05) is 32.6 Å². The van der Waals surface area contributed by atoms with Gasteiger partial charge in [-0.15, -0.1) is 0 Å². The number of carboxylic acid groups (broad SMARTS) is 2. The fourth-order valence-electron chi connectivity index (χ4n) is 2.12. The molecule has 0 aromatic rings. The first kappa shape index (κ1) is 16.4. The smallest absolute Gasteiger partial charge is 0.320 e. The SMILES string of the molecule is CC(C(=O)O)N1CCN(C(=O)C(N)CCC(=O)O)CC1. The van der Waals surface area contributed by atoms with Crippen molar-refractivity contribution in [2.24, 2.45) is 5.73 Å². The number of amides is 1. The molecule has 1 aliphatic rings. The minimum atomic E-state index is -0.978. The zero-order valence-corrected chi connectivity index (χ0v) is 11.5. The highest BCUT2D eigenvalue weighted by Gasteiger charge is 2.29. The zero-order chi connectivity index (χ0) is 15.3. The van der Waals surface area contributed by atoms with Gasteiger partial charge in [0.2, 0.25) is 5.91 Å². The third kappa shape index (κ3) is 4.46. The number of aliphatic carboxylic acids is 2. The van der Waals surface area contributed by atoms with Crippen LogP contribution in [0, 0.1) is 0 Å². The maximum atomic E-state index is 12.0. The number of hydrogen-bond acceptors (Lipinski definition) is 5. The molecule has 0 spiro atoms. The van der Waals surface area contributed by atoms with E-state index in [-0.39, 0.29) is 18.7 Å². The van der Waals surface area contributed by atoms with Gasteiger partial charge in [-0.1, -0.05) is 0 Å². The molecule has 114 valence electrons. The van der Waals surface area contributed by atoms with Gasteiger partial charge in [0.25, 0.3) is 0 Å². The van der Waals surface area contributed by atoms with E-state index >= 15 is 0 Å². The lowest BCUT2D eigenvalue weighted by atomic mass is 10.1. The molecule has 1 aliphatic heterocycles. The molecule has 0 aliphatic carbocycles.